The van der Waals surface area contributed by atoms with Gasteiger partial charge in [0.1, 0.15) is 5.75 Å². The fraction of sp³-hybridized carbons (Fsp3) is 0.632. The van der Waals surface area contributed by atoms with Crippen LogP contribution in [0.3, 0.4) is 0 Å². The summed E-state index contributed by atoms with van der Waals surface area (Å²) in [7, 11) is 0. The summed E-state index contributed by atoms with van der Waals surface area (Å²) in [5.41, 5.74) is 2.93. The molecule has 2 fully saturated rings. The van der Waals surface area contributed by atoms with E-state index in [4.69, 9.17) is 4.74 Å². The molecule has 1 aromatic carbocycles. The number of piperidine rings is 1. The molecule has 2 aliphatic carbocycles. The van der Waals surface area contributed by atoms with E-state index in [1.54, 1.807) is 0 Å². The first-order valence-electron chi connectivity index (χ1n) is 9.03. The molecule has 2 atom stereocenters. The Kier molecular flexibility index (Phi) is 4.25. The summed E-state index contributed by atoms with van der Waals surface area (Å²) in [6.07, 6.45) is 6.88. The number of benzene rings is 1. The molecule has 0 spiro atoms. The standard InChI is InChI=1S/C19H26N2O2/c22-19(21-17-5-6-17)16-8-13(10-20-11-16)12-23-18-7-4-14-2-1-3-15(14)9-18/h4,7,9,13,16-17,20H,1-3,5-6,8,10-12H2,(H,21,22)/t13-,16+/m0/s1. The monoisotopic (exact) mass is 314 g/mol. The lowest BCUT2D eigenvalue weighted by atomic mass is 9.90. The number of hydrogen-bond donors (Lipinski definition) is 2. The summed E-state index contributed by atoms with van der Waals surface area (Å²) in [5, 5.41) is 6.52. The van der Waals surface area contributed by atoms with Crippen molar-refractivity contribution in [2.24, 2.45) is 11.8 Å². The van der Waals surface area contributed by atoms with Gasteiger partial charge >= 0.3 is 0 Å². The van der Waals surface area contributed by atoms with Crippen LogP contribution in [0.1, 0.15) is 36.8 Å². The molecule has 0 unspecified atom stereocenters. The van der Waals surface area contributed by atoms with Gasteiger partial charge < -0.3 is 15.4 Å². The van der Waals surface area contributed by atoms with Crippen LogP contribution in [0.4, 0.5) is 0 Å². The quantitative estimate of drug-likeness (QED) is 0.875. The van der Waals surface area contributed by atoms with Crippen LogP contribution in [0.5, 0.6) is 5.75 Å². The van der Waals surface area contributed by atoms with Crippen molar-refractivity contribution in [1.29, 1.82) is 0 Å². The Hall–Kier alpha value is -1.55. The zero-order valence-corrected chi connectivity index (χ0v) is 13.6. The molecule has 1 amide bonds. The van der Waals surface area contributed by atoms with Crippen LogP contribution in [-0.4, -0.2) is 31.6 Å². The van der Waals surface area contributed by atoms with Crippen molar-refractivity contribution in [3.05, 3.63) is 29.3 Å². The van der Waals surface area contributed by atoms with E-state index in [9.17, 15) is 4.79 Å². The summed E-state index contributed by atoms with van der Waals surface area (Å²) in [6.45, 7) is 2.44. The van der Waals surface area contributed by atoms with Gasteiger partial charge in [-0.15, -0.1) is 0 Å². The van der Waals surface area contributed by atoms with E-state index >= 15 is 0 Å². The number of ether oxygens (including phenoxy) is 1. The van der Waals surface area contributed by atoms with Crippen LogP contribution in [0.2, 0.25) is 0 Å². The molecule has 23 heavy (non-hydrogen) atoms. The lowest BCUT2D eigenvalue weighted by Gasteiger charge is -2.29. The molecule has 124 valence electrons. The maximum Gasteiger partial charge on any atom is 0.224 e. The highest BCUT2D eigenvalue weighted by Gasteiger charge is 2.31. The molecule has 1 aromatic rings. The van der Waals surface area contributed by atoms with E-state index in [-0.39, 0.29) is 11.8 Å². The molecule has 0 aromatic heterocycles. The second-order valence-corrected chi connectivity index (χ2v) is 7.33. The van der Waals surface area contributed by atoms with Crippen molar-refractivity contribution in [3.63, 3.8) is 0 Å². The Morgan fingerprint density at radius 1 is 1.22 bits per heavy atom. The van der Waals surface area contributed by atoms with Crippen LogP contribution >= 0.6 is 0 Å². The Balaban J connectivity index is 1.29. The highest BCUT2D eigenvalue weighted by atomic mass is 16.5. The second-order valence-electron chi connectivity index (χ2n) is 7.33. The van der Waals surface area contributed by atoms with Gasteiger partial charge in [-0.1, -0.05) is 6.07 Å². The third kappa shape index (κ3) is 3.69. The predicted molar refractivity (Wildman–Crippen MR) is 89.6 cm³/mol. The Morgan fingerprint density at radius 2 is 2.09 bits per heavy atom. The first-order chi connectivity index (χ1) is 11.3. The third-order valence-corrected chi connectivity index (χ3v) is 5.29. The van der Waals surface area contributed by atoms with Crippen LogP contribution in [-0.2, 0) is 17.6 Å². The van der Waals surface area contributed by atoms with Crippen LogP contribution in [0, 0.1) is 11.8 Å². The molecular formula is C19H26N2O2. The number of rotatable bonds is 5. The zero-order valence-electron chi connectivity index (χ0n) is 13.6. The summed E-state index contributed by atoms with van der Waals surface area (Å²) < 4.78 is 6.02. The van der Waals surface area contributed by atoms with Gasteiger partial charge in [0.15, 0.2) is 0 Å². The summed E-state index contributed by atoms with van der Waals surface area (Å²) in [4.78, 5) is 12.2. The number of aryl methyl sites for hydroxylation is 2. The molecule has 1 aliphatic heterocycles. The average molecular weight is 314 g/mol. The van der Waals surface area contributed by atoms with Crippen molar-refractivity contribution < 1.29 is 9.53 Å². The number of carbonyl (C=O) groups is 1. The number of fused-ring (bicyclic) bond motifs is 1. The number of carbonyl (C=O) groups excluding carboxylic acids is 1. The van der Waals surface area contributed by atoms with E-state index in [1.165, 1.54) is 30.4 Å². The van der Waals surface area contributed by atoms with Gasteiger partial charge in [-0.25, -0.2) is 0 Å². The van der Waals surface area contributed by atoms with E-state index in [0.717, 1.165) is 38.1 Å². The first-order valence-corrected chi connectivity index (χ1v) is 9.03. The predicted octanol–water partition coefficient (Wildman–Crippen LogP) is 2.06. The van der Waals surface area contributed by atoms with Gasteiger partial charge in [-0.2, -0.15) is 0 Å². The van der Waals surface area contributed by atoms with E-state index in [1.807, 2.05) is 0 Å². The largest absolute Gasteiger partial charge is 0.493 e. The average Bonchev–Trinajstić information content (AvgIpc) is 3.26. The number of amides is 1. The topological polar surface area (TPSA) is 50.4 Å². The molecular weight excluding hydrogens is 288 g/mol. The fourth-order valence-electron chi connectivity index (χ4n) is 3.76. The van der Waals surface area contributed by atoms with Gasteiger partial charge in [-0.3, -0.25) is 4.79 Å². The van der Waals surface area contributed by atoms with E-state index in [0.29, 0.717) is 18.6 Å². The minimum atomic E-state index is 0.0953. The highest BCUT2D eigenvalue weighted by molar-refractivity contribution is 5.79. The molecule has 3 aliphatic rings. The summed E-state index contributed by atoms with van der Waals surface area (Å²) >= 11 is 0. The fourth-order valence-corrected chi connectivity index (χ4v) is 3.76. The smallest absolute Gasteiger partial charge is 0.224 e. The van der Waals surface area contributed by atoms with Crippen molar-refractivity contribution >= 4 is 5.91 Å². The van der Waals surface area contributed by atoms with Crippen LogP contribution in [0.15, 0.2) is 18.2 Å². The molecule has 1 saturated heterocycles. The Labute approximate surface area is 138 Å². The first kappa shape index (κ1) is 15.0. The molecule has 4 heteroatoms. The van der Waals surface area contributed by atoms with Crippen LogP contribution < -0.4 is 15.4 Å². The van der Waals surface area contributed by atoms with Crippen molar-refractivity contribution in [2.75, 3.05) is 19.7 Å². The maximum absolute atomic E-state index is 12.2. The van der Waals surface area contributed by atoms with Crippen molar-refractivity contribution in [1.82, 2.24) is 10.6 Å². The van der Waals surface area contributed by atoms with E-state index < -0.39 is 0 Å². The Morgan fingerprint density at radius 3 is 2.96 bits per heavy atom. The van der Waals surface area contributed by atoms with Crippen molar-refractivity contribution in [2.45, 2.75) is 44.6 Å². The molecule has 0 radical (unpaired) electrons. The third-order valence-electron chi connectivity index (χ3n) is 5.29. The number of nitrogens with one attached hydrogen (secondary N) is 2. The second kappa shape index (κ2) is 6.52. The minimum Gasteiger partial charge on any atom is -0.493 e. The van der Waals surface area contributed by atoms with Crippen molar-refractivity contribution in [3.8, 4) is 5.75 Å². The zero-order chi connectivity index (χ0) is 15.6. The van der Waals surface area contributed by atoms with Gasteiger partial charge in [-0.05, 0) is 61.8 Å². The van der Waals surface area contributed by atoms with Gasteiger partial charge in [0.05, 0.1) is 12.5 Å². The molecule has 4 rings (SSSR count). The lowest BCUT2D eigenvalue weighted by molar-refractivity contribution is -0.126. The molecule has 1 heterocycles. The summed E-state index contributed by atoms with van der Waals surface area (Å²) in [5.74, 6) is 1.71. The molecule has 2 N–H and O–H groups in total. The van der Waals surface area contributed by atoms with Gasteiger partial charge in [0, 0.05) is 25.0 Å². The SMILES string of the molecule is O=C(NC1CC1)[C@H]1CNC[C@@H](COc2ccc3c(c2)CCC3)C1. The maximum atomic E-state index is 12.2. The molecule has 4 nitrogen and oxygen atoms in total. The van der Waals surface area contributed by atoms with Gasteiger partial charge in [0.2, 0.25) is 5.91 Å². The van der Waals surface area contributed by atoms with E-state index in [2.05, 4.69) is 28.8 Å². The molecule has 0 bridgehead atoms. The highest BCUT2D eigenvalue weighted by Crippen LogP contribution is 2.27. The van der Waals surface area contributed by atoms with Gasteiger partial charge in [0.25, 0.3) is 0 Å². The van der Waals surface area contributed by atoms with Crippen LogP contribution in [0.25, 0.3) is 0 Å². The summed E-state index contributed by atoms with van der Waals surface area (Å²) in [6, 6.07) is 6.96. The molecule has 1 saturated carbocycles. The number of hydrogen-bond acceptors (Lipinski definition) is 3. The minimum absolute atomic E-state index is 0.0953. The Bertz CT molecular complexity index is 583. The lowest BCUT2D eigenvalue weighted by Crippen LogP contribution is -2.45. The normalized spacial score (nSPS) is 26.6.